The Labute approximate surface area is 137 Å². The highest BCUT2D eigenvalue weighted by molar-refractivity contribution is 6.34. The molecule has 0 spiro atoms. The summed E-state index contributed by atoms with van der Waals surface area (Å²) in [6, 6.07) is 4.36. The fraction of sp³-hybridized carbons (Fsp3) is 0.467. The van der Waals surface area contributed by atoms with Crippen molar-refractivity contribution in [3.05, 3.63) is 33.8 Å². The number of carboxylic acid groups (broad SMARTS) is 1. The van der Waals surface area contributed by atoms with Gasteiger partial charge in [-0.15, -0.1) is 0 Å². The molecule has 1 aliphatic heterocycles. The normalized spacial score (nSPS) is 27.5. The zero-order valence-corrected chi connectivity index (χ0v) is 13.2. The summed E-state index contributed by atoms with van der Waals surface area (Å²) in [4.78, 5) is 25.2. The van der Waals surface area contributed by atoms with E-state index in [9.17, 15) is 14.7 Å². The fourth-order valence-corrected chi connectivity index (χ4v) is 3.45. The Kier molecular flexibility index (Phi) is 4.30. The van der Waals surface area contributed by atoms with Crippen LogP contribution in [0.25, 0.3) is 0 Å². The summed E-state index contributed by atoms with van der Waals surface area (Å²) in [7, 11) is 0. The van der Waals surface area contributed by atoms with Crippen LogP contribution in [-0.4, -0.2) is 47.7 Å². The first kappa shape index (κ1) is 15.6. The highest BCUT2D eigenvalue weighted by atomic mass is 35.5. The second kappa shape index (κ2) is 6.07. The van der Waals surface area contributed by atoms with Gasteiger partial charge in [0.1, 0.15) is 0 Å². The van der Waals surface area contributed by atoms with Gasteiger partial charge in [-0.05, 0) is 36.1 Å². The predicted octanol–water partition coefficient (Wildman–Crippen LogP) is 2.41. The van der Waals surface area contributed by atoms with E-state index in [-0.39, 0.29) is 24.3 Å². The molecule has 118 valence electrons. The molecule has 0 bridgehead atoms. The van der Waals surface area contributed by atoms with Gasteiger partial charge in [0.15, 0.2) is 6.04 Å². The summed E-state index contributed by atoms with van der Waals surface area (Å²) in [5.41, 5.74) is 0.927. The predicted molar refractivity (Wildman–Crippen MR) is 81.3 cm³/mol. The van der Waals surface area contributed by atoms with Crippen LogP contribution in [0.5, 0.6) is 0 Å². The number of benzene rings is 1. The summed E-state index contributed by atoms with van der Waals surface area (Å²) < 4.78 is 5.16. The van der Waals surface area contributed by atoms with Crippen molar-refractivity contribution in [2.24, 2.45) is 5.92 Å². The SMILES string of the molecule is O=C(O)[C@@H]1COCCN1C(=O)[C@@H]1C[C@@H]1c1cc(Cl)cc(Cl)c1. The molecule has 3 atom stereocenters. The van der Waals surface area contributed by atoms with E-state index in [0.29, 0.717) is 29.6 Å². The van der Waals surface area contributed by atoms with Crippen molar-refractivity contribution in [3.8, 4) is 0 Å². The number of carboxylic acids is 1. The molecule has 3 rings (SSSR count). The number of amides is 1. The number of rotatable bonds is 3. The van der Waals surface area contributed by atoms with E-state index in [2.05, 4.69) is 0 Å². The summed E-state index contributed by atoms with van der Waals surface area (Å²) in [5, 5.41) is 10.3. The number of carbonyl (C=O) groups excluding carboxylic acids is 1. The molecule has 1 saturated heterocycles. The number of halogens is 2. The maximum atomic E-state index is 12.6. The molecular formula is C15H15Cl2NO4. The van der Waals surface area contributed by atoms with E-state index >= 15 is 0 Å². The number of aliphatic carboxylic acids is 1. The lowest BCUT2D eigenvalue weighted by Gasteiger charge is -2.33. The molecule has 5 nitrogen and oxygen atoms in total. The van der Waals surface area contributed by atoms with Crippen molar-refractivity contribution in [2.45, 2.75) is 18.4 Å². The summed E-state index contributed by atoms with van der Waals surface area (Å²) in [5.74, 6) is -1.30. The molecule has 1 aromatic rings. The Morgan fingerprint density at radius 2 is 1.91 bits per heavy atom. The third-order valence-corrected chi connectivity index (χ3v) is 4.55. The summed E-state index contributed by atoms with van der Waals surface area (Å²) >= 11 is 12.0. The van der Waals surface area contributed by atoms with Gasteiger partial charge in [0.05, 0.1) is 13.2 Å². The number of morpholine rings is 1. The Morgan fingerprint density at radius 1 is 1.23 bits per heavy atom. The fourth-order valence-electron chi connectivity index (χ4n) is 2.91. The molecule has 0 aromatic heterocycles. The Morgan fingerprint density at radius 3 is 2.55 bits per heavy atom. The van der Waals surface area contributed by atoms with Crippen molar-refractivity contribution in [1.29, 1.82) is 0 Å². The van der Waals surface area contributed by atoms with Gasteiger partial charge < -0.3 is 14.7 Å². The van der Waals surface area contributed by atoms with Gasteiger partial charge in [0, 0.05) is 22.5 Å². The van der Waals surface area contributed by atoms with E-state index in [4.69, 9.17) is 27.9 Å². The second-order valence-corrected chi connectivity index (χ2v) is 6.48. The number of hydrogen-bond acceptors (Lipinski definition) is 3. The van der Waals surface area contributed by atoms with Crippen LogP contribution < -0.4 is 0 Å². The molecule has 1 heterocycles. The highest BCUT2D eigenvalue weighted by Crippen LogP contribution is 2.49. The van der Waals surface area contributed by atoms with Crippen molar-refractivity contribution < 1.29 is 19.4 Å². The maximum absolute atomic E-state index is 12.6. The van der Waals surface area contributed by atoms with E-state index < -0.39 is 12.0 Å². The standard InChI is InChI=1S/C15H15Cl2NO4/c16-9-3-8(4-10(17)5-9)11-6-12(11)14(19)18-1-2-22-7-13(18)15(20)21/h3-5,11-13H,1-2,6-7H2,(H,20,21)/t11-,12-,13+/m1/s1. The van der Waals surface area contributed by atoms with Crippen LogP contribution in [0, 0.1) is 5.92 Å². The van der Waals surface area contributed by atoms with E-state index in [1.54, 1.807) is 18.2 Å². The quantitative estimate of drug-likeness (QED) is 0.915. The Bertz CT molecular complexity index is 601. The highest BCUT2D eigenvalue weighted by Gasteiger charge is 2.48. The van der Waals surface area contributed by atoms with Gasteiger partial charge in [-0.2, -0.15) is 0 Å². The molecule has 0 radical (unpaired) electrons. The largest absolute Gasteiger partial charge is 0.480 e. The molecular weight excluding hydrogens is 329 g/mol. The first-order valence-corrected chi connectivity index (χ1v) is 7.80. The molecule has 22 heavy (non-hydrogen) atoms. The maximum Gasteiger partial charge on any atom is 0.328 e. The lowest BCUT2D eigenvalue weighted by molar-refractivity contribution is -0.158. The number of carbonyl (C=O) groups is 2. The molecule has 2 aliphatic rings. The van der Waals surface area contributed by atoms with Crippen molar-refractivity contribution in [2.75, 3.05) is 19.8 Å². The molecule has 1 aromatic carbocycles. The number of nitrogens with zero attached hydrogens (tertiary/aromatic N) is 1. The van der Waals surface area contributed by atoms with Crippen LogP contribution in [0.4, 0.5) is 0 Å². The van der Waals surface area contributed by atoms with Gasteiger partial charge in [-0.1, -0.05) is 23.2 Å². The minimum absolute atomic E-state index is 0.0431. The van der Waals surface area contributed by atoms with Crippen molar-refractivity contribution >= 4 is 35.1 Å². The molecule has 0 unspecified atom stereocenters. The van der Waals surface area contributed by atoms with Crippen molar-refractivity contribution in [1.82, 2.24) is 4.90 Å². The van der Waals surface area contributed by atoms with Crippen LogP contribution in [0.2, 0.25) is 10.0 Å². The van der Waals surface area contributed by atoms with Gasteiger partial charge in [-0.25, -0.2) is 4.79 Å². The molecule has 1 N–H and O–H groups in total. The van der Waals surface area contributed by atoms with Gasteiger partial charge in [-0.3, -0.25) is 4.79 Å². The summed E-state index contributed by atoms with van der Waals surface area (Å²) in [6.07, 6.45) is 0.694. The average Bonchev–Trinajstić information content (AvgIpc) is 3.26. The molecule has 7 heteroatoms. The molecule has 2 fully saturated rings. The minimum atomic E-state index is -1.03. The lowest BCUT2D eigenvalue weighted by atomic mass is 10.1. The second-order valence-electron chi connectivity index (χ2n) is 5.61. The third-order valence-electron chi connectivity index (χ3n) is 4.12. The van der Waals surface area contributed by atoms with Crippen LogP contribution in [0.15, 0.2) is 18.2 Å². The number of hydrogen-bond donors (Lipinski definition) is 1. The average molecular weight is 344 g/mol. The first-order chi connectivity index (χ1) is 10.5. The zero-order valence-electron chi connectivity index (χ0n) is 11.7. The minimum Gasteiger partial charge on any atom is -0.480 e. The topological polar surface area (TPSA) is 66.8 Å². The Hall–Kier alpha value is -1.30. The monoisotopic (exact) mass is 343 g/mol. The molecule has 1 saturated carbocycles. The van der Waals surface area contributed by atoms with Crippen LogP contribution in [-0.2, 0) is 14.3 Å². The van der Waals surface area contributed by atoms with E-state index in [1.807, 2.05) is 0 Å². The zero-order chi connectivity index (χ0) is 15.9. The van der Waals surface area contributed by atoms with Gasteiger partial charge in [0.25, 0.3) is 0 Å². The summed E-state index contributed by atoms with van der Waals surface area (Å²) in [6.45, 7) is 0.729. The molecule has 1 aliphatic carbocycles. The van der Waals surface area contributed by atoms with E-state index in [0.717, 1.165) is 5.56 Å². The first-order valence-electron chi connectivity index (χ1n) is 7.04. The van der Waals surface area contributed by atoms with Crippen molar-refractivity contribution in [3.63, 3.8) is 0 Å². The van der Waals surface area contributed by atoms with Crippen LogP contribution >= 0.6 is 23.2 Å². The molecule has 1 amide bonds. The van der Waals surface area contributed by atoms with Crippen LogP contribution in [0.3, 0.4) is 0 Å². The third kappa shape index (κ3) is 3.07. The lowest BCUT2D eigenvalue weighted by Crippen LogP contribution is -2.53. The smallest absolute Gasteiger partial charge is 0.328 e. The number of ether oxygens (including phenoxy) is 1. The van der Waals surface area contributed by atoms with Crippen LogP contribution in [0.1, 0.15) is 17.9 Å². The van der Waals surface area contributed by atoms with E-state index in [1.165, 1.54) is 4.90 Å². The van der Waals surface area contributed by atoms with Gasteiger partial charge in [0.2, 0.25) is 5.91 Å². The van der Waals surface area contributed by atoms with Gasteiger partial charge >= 0.3 is 5.97 Å². The Balaban J connectivity index is 1.73.